The van der Waals surface area contributed by atoms with E-state index in [1.807, 2.05) is 41.3 Å². The van der Waals surface area contributed by atoms with E-state index in [9.17, 15) is 9.18 Å². The molecular formula is C18H20FN2O2. The van der Waals surface area contributed by atoms with Gasteiger partial charge in [-0.2, -0.15) is 0 Å². The van der Waals surface area contributed by atoms with Crippen LogP contribution in [-0.4, -0.2) is 42.1 Å². The lowest BCUT2D eigenvalue weighted by Crippen LogP contribution is -2.48. The van der Waals surface area contributed by atoms with Crippen molar-refractivity contribution in [1.29, 1.82) is 0 Å². The van der Waals surface area contributed by atoms with Crippen LogP contribution in [-0.2, 0) is 11.3 Å². The van der Waals surface area contributed by atoms with Crippen molar-refractivity contribution in [3.63, 3.8) is 0 Å². The molecule has 1 heterocycles. The Bertz CT molecular complexity index is 605. The molecule has 0 N–H and O–H groups in total. The van der Waals surface area contributed by atoms with E-state index in [1.54, 1.807) is 11.3 Å². The maximum Gasteiger partial charge on any atom is 0.410 e. The summed E-state index contributed by atoms with van der Waals surface area (Å²) < 4.78 is 19.1. The zero-order valence-electron chi connectivity index (χ0n) is 13.0. The number of carbonyl (C=O) groups is 1. The molecule has 1 radical (unpaired) electrons. The number of ether oxygens (including phenoxy) is 1. The second-order valence-corrected chi connectivity index (χ2v) is 5.59. The lowest BCUT2D eigenvalue weighted by Gasteiger charge is -2.36. The number of halogens is 1. The minimum Gasteiger partial charge on any atom is -0.445 e. The first kappa shape index (κ1) is 15.6. The van der Waals surface area contributed by atoms with Crippen LogP contribution in [0.15, 0.2) is 54.0 Å². The van der Waals surface area contributed by atoms with Crippen molar-refractivity contribution in [3.8, 4) is 0 Å². The van der Waals surface area contributed by atoms with Gasteiger partial charge in [0.1, 0.15) is 12.4 Å². The molecule has 1 aromatic rings. The van der Waals surface area contributed by atoms with Crippen molar-refractivity contribution < 1.29 is 13.9 Å². The Hall–Kier alpha value is -2.30. The fourth-order valence-corrected chi connectivity index (χ4v) is 2.75. The first-order chi connectivity index (χ1) is 11.2. The monoisotopic (exact) mass is 315 g/mol. The van der Waals surface area contributed by atoms with Crippen LogP contribution in [0.3, 0.4) is 0 Å². The fourth-order valence-electron chi connectivity index (χ4n) is 2.75. The van der Waals surface area contributed by atoms with E-state index in [0.717, 1.165) is 12.0 Å². The van der Waals surface area contributed by atoms with Crippen molar-refractivity contribution in [1.82, 2.24) is 9.80 Å². The molecule has 0 spiro atoms. The van der Waals surface area contributed by atoms with Gasteiger partial charge in [0.05, 0.1) is 5.70 Å². The van der Waals surface area contributed by atoms with E-state index in [2.05, 4.69) is 0 Å². The summed E-state index contributed by atoms with van der Waals surface area (Å²) in [4.78, 5) is 15.8. The molecule has 0 atom stereocenters. The molecule has 4 nitrogen and oxygen atoms in total. The summed E-state index contributed by atoms with van der Waals surface area (Å²) in [5.41, 5.74) is 1.61. The van der Waals surface area contributed by atoms with Gasteiger partial charge in [-0.25, -0.2) is 9.18 Å². The molecule has 5 heteroatoms. The summed E-state index contributed by atoms with van der Waals surface area (Å²) in [6.07, 6.45) is 5.64. The SMILES string of the molecule is O=C(OCc1ccccc1)N1CCN(C2=CC[CH]C=C2F)CC1. The van der Waals surface area contributed by atoms with Crippen LogP contribution in [0.2, 0.25) is 0 Å². The number of rotatable bonds is 3. The highest BCUT2D eigenvalue weighted by Gasteiger charge is 2.25. The smallest absolute Gasteiger partial charge is 0.410 e. The molecule has 23 heavy (non-hydrogen) atoms. The molecule has 0 aromatic heterocycles. The van der Waals surface area contributed by atoms with Crippen LogP contribution in [0.4, 0.5) is 9.18 Å². The lowest BCUT2D eigenvalue weighted by molar-refractivity contribution is 0.0778. The van der Waals surface area contributed by atoms with Gasteiger partial charge >= 0.3 is 6.09 Å². The van der Waals surface area contributed by atoms with Crippen LogP contribution in [0, 0.1) is 6.42 Å². The second-order valence-electron chi connectivity index (χ2n) is 5.59. The third-order valence-corrected chi connectivity index (χ3v) is 4.04. The third kappa shape index (κ3) is 3.92. The van der Waals surface area contributed by atoms with Crippen molar-refractivity contribution >= 4 is 6.09 Å². The third-order valence-electron chi connectivity index (χ3n) is 4.04. The number of hydrogen-bond donors (Lipinski definition) is 0. The Balaban J connectivity index is 1.48. The number of nitrogens with zero attached hydrogens (tertiary/aromatic N) is 2. The van der Waals surface area contributed by atoms with Crippen LogP contribution >= 0.6 is 0 Å². The summed E-state index contributed by atoms with van der Waals surface area (Å²) in [5.74, 6) is -0.198. The zero-order chi connectivity index (χ0) is 16.1. The molecule has 2 aliphatic rings. The molecular weight excluding hydrogens is 295 g/mol. The summed E-state index contributed by atoms with van der Waals surface area (Å²) in [6.45, 7) is 2.60. The van der Waals surface area contributed by atoms with Gasteiger partial charge in [-0.1, -0.05) is 36.4 Å². The van der Waals surface area contributed by atoms with E-state index in [1.165, 1.54) is 6.08 Å². The number of amides is 1. The molecule has 0 bridgehead atoms. The molecule has 0 saturated carbocycles. The summed E-state index contributed by atoms with van der Waals surface area (Å²) in [6, 6.07) is 9.61. The predicted molar refractivity (Wildman–Crippen MR) is 86.0 cm³/mol. The fraction of sp³-hybridized carbons (Fsp3) is 0.333. The normalized spacial score (nSPS) is 18.3. The Morgan fingerprint density at radius 2 is 1.87 bits per heavy atom. The lowest BCUT2D eigenvalue weighted by atomic mass is 10.1. The molecule has 1 aliphatic carbocycles. The molecule has 1 aliphatic heterocycles. The van der Waals surface area contributed by atoms with Gasteiger partial charge < -0.3 is 14.5 Å². The minimum atomic E-state index is -0.310. The molecule has 121 valence electrons. The van der Waals surface area contributed by atoms with E-state index in [0.29, 0.717) is 31.9 Å². The molecule has 1 aromatic carbocycles. The molecule has 1 fully saturated rings. The Labute approximate surface area is 135 Å². The van der Waals surface area contributed by atoms with Crippen LogP contribution in [0.1, 0.15) is 12.0 Å². The highest BCUT2D eigenvalue weighted by molar-refractivity contribution is 5.67. The molecule has 3 rings (SSSR count). The number of benzene rings is 1. The van der Waals surface area contributed by atoms with Gasteiger partial charge in [0, 0.05) is 26.2 Å². The van der Waals surface area contributed by atoms with Crippen molar-refractivity contribution in [2.45, 2.75) is 13.0 Å². The summed E-state index contributed by atoms with van der Waals surface area (Å²) in [5, 5.41) is 0. The number of allylic oxidation sites excluding steroid dienone is 3. The highest BCUT2D eigenvalue weighted by atomic mass is 19.1. The minimum absolute atomic E-state index is 0.198. The van der Waals surface area contributed by atoms with Gasteiger partial charge in [0.15, 0.2) is 0 Å². The topological polar surface area (TPSA) is 32.8 Å². The van der Waals surface area contributed by atoms with Crippen LogP contribution < -0.4 is 0 Å². The summed E-state index contributed by atoms with van der Waals surface area (Å²) >= 11 is 0. The van der Waals surface area contributed by atoms with Crippen molar-refractivity contribution in [3.05, 3.63) is 66.0 Å². The number of piperazine rings is 1. The molecule has 0 unspecified atom stereocenters. The first-order valence-electron chi connectivity index (χ1n) is 7.84. The maximum atomic E-state index is 13.8. The Morgan fingerprint density at radius 3 is 2.57 bits per heavy atom. The standard InChI is InChI=1S/C18H20FN2O2/c19-16-8-4-5-9-17(16)20-10-12-21(13-11-20)18(22)23-14-15-6-2-1-3-7-15/h1-4,6-9H,5,10-14H2. The van der Waals surface area contributed by atoms with Gasteiger partial charge in [0.25, 0.3) is 0 Å². The Kier molecular flexibility index (Phi) is 4.95. The van der Waals surface area contributed by atoms with Crippen LogP contribution in [0.25, 0.3) is 0 Å². The maximum absolute atomic E-state index is 13.8. The zero-order valence-corrected chi connectivity index (χ0v) is 13.0. The van der Waals surface area contributed by atoms with Crippen molar-refractivity contribution in [2.24, 2.45) is 0 Å². The van der Waals surface area contributed by atoms with Gasteiger partial charge in [0.2, 0.25) is 0 Å². The molecule has 1 saturated heterocycles. The predicted octanol–water partition coefficient (Wildman–Crippen LogP) is 3.29. The molecule has 1 amide bonds. The van der Waals surface area contributed by atoms with E-state index < -0.39 is 0 Å². The van der Waals surface area contributed by atoms with E-state index in [-0.39, 0.29) is 18.5 Å². The first-order valence-corrected chi connectivity index (χ1v) is 7.84. The largest absolute Gasteiger partial charge is 0.445 e. The van der Waals surface area contributed by atoms with Gasteiger partial charge in [-0.3, -0.25) is 0 Å². The number of hydrogen-bond acceptors (Lipinski definition) is 3. The Morgan fingerprint density at radius 1 is 1.13 bits per heavy atom. The number of carbonyl (C=O) groups excluding carboxylic acids is 1. The summed E-state index contributed by atoms with van der Waals surface area (Å²) in [7, 11) is 0. The van der Waals surface area contributed by atoms with E-state index in [4.69, 9.17) is 4.74 Å². The highest BCUT2D eigenvalue weighted by Crippen LogP contribution is 2.24. The average Bonchev–Trinajstić information content (AvgIpc) is 2.61. The van der Waals surface area contributed by atoms with Crippen LogP contribution in [0.5, 0.6) is 0 Å². The van der Waals surface area contributed by atoms with Gasteiger partial charge in [-0.05, 0) is 24.5 Å². The van der Waals surface area contributed by atoms with Gasteiger partial charge in [-0.15, -0.1) is 0 Å². The average molecular weight is 315 g/mol. The van der Waals surface area contributed by atoms with E-state index >= 15 is 0 Å². The quantitative estimate of drug-likeness (QED) is 0.858. The van der Waals surface area contributed by atoms with Crippen molar-refractivity contribution in [2.75, 3.05) is 26.2 Å². The second kappa shape index (κ2) is 7.31.